The molecule has 1 aliphatic heterocycles. The average molecular weight is 329 g/mol. The number of hydrogen-bond donors (Lipinski definition) is 2. The van der Waals surface area contributed by atoms with Crippen LogP contribution in [0.5, 0.6) is 0 Å². The number of benzene rings is 1. The topological polar surface area (TPSA) is 74.6 Å². The minimum absolute atomic E-state index is 0.165. The Kier molecular flexibility index (Phi) is 4.57. The lowest BCUT2D eigenvalue weighted by Crippen LogP contribution is -2.44. The molecule has 0 unspecified atom stereocenters. The van der Waals surface area contributed by atoms with E-state index in [4.69, 9.17) is 0 Å². The van der Waals surface area contributed by atoms with Crippen LogP contribution in [0.4, 0.5) is 5.69 Å². The second-order valence-corrected chi connectivity index (χ2v) is 6.01. The first-order valence-electron chi connectivity index (χ1n) is 8.46. The van der Waals surface area contributed by atoms with E-state index in [1.165, 1.54) is 6.20 Å². The van der Waals surface area contributed by atoms with E-state index in [0.29, 0.717) is 11.9 Å². The predicted molar refractivity (Wildman–Crippen MR) is 95.3 cm³/mol. The van der Waals surface area contributed by atoms with Crippen molar-refractivity contribution < 1.29 is 9.90 Å². The van der Waals surface area contributed by atoms with Gasteiger partial charge in [-0.15, -0.1) is 0 Å². The first-order valence-corrected chi connectivity index (χ1v) is 8.46. The molecule has 0 radical (unpaired) electrons. The quantitative estimate of drug-likeness (QED) is 0.893. The summed E-state index contributed by atoms with van der Waals surface area (Å²) < 4.78 is 1.89. The summed E-state index contributed by atoms with van der Waals surface area (Å²) in [5.74, 6) is -1.17. The Balaban J connectivity index is 2.30. The maximum atomic E-state index is 12.6. The number of aromatic carboxylic acids is 1. The lowest BCUT2D eigenvalue weighted by molar-refractivity contribution is 0.0695. The molecule has 6 heteroatoms. The highest BCUT2D eigenvalue weighted by Crippen LogP contribution is 2.29. The van der Waals surface area contributed by atoms with Crippen LogP contribution >= 0.6 is 0 Å². The number of anilines is 1. The summed E-state index contributed by atoms with van der Waals surface area (Å²) in [4.78, 5) is 26.3. The Morgan fingerprint density at radius 3 is 2.54 bits per heavy atom. The molecular weight excluding hydrogens is 306 g/mol. The van der Waals surface area contributed by atoms with Crippen LogP contribution in [0, 0.1) is 0 Å². The highest BCUT2D eigenvalue weighted by Gasteiger charge is 2.20. The number of carboxylic acid groups (broad SMARTS) is 1. The molecule has 1 aromatic heterocycles. The Labute approximate surface area is 140 Å². The fourth-order valence-corrected chi connectivity index (χ4v) is 3.51. The number of carbonyl (C=O) groups is 1. The van der Waals surface area contributed by atoms with Crippen molar-refractivity contribution in [2.45, 2.75) is 26.8 Å². The van der Waals surface area contributed by atoms with E-state index in [-0.39, 0.29) is 5.56 Å². The molecule has 24 heavy (non-hydrogen) atoms. The van der Waals surface area contributed by atoms with E-state index in [1.54, 1.807) is 6.07 Å². The summed E-state index contributed by atoms with van der Waals surface area (Å²) in [6, 6.07) is 3.76. The van der Waals surface area contributed by atoms with Crippen LogP contribution in [0.15, 0.2) is 23.1 Å². The number of aromatic nitrogens is 1. The number of carboxylic acids is 1. The molecule has 0 bridgehead atoms. The second-order valence-electron chi connectivity index (χ2n) is 6.01. The lowest BCUT2D eigenvalue weighted by Gasteiger charge is -2.32. The summed E-state index contributed by atoms with van der Waals surface area (Å²) in [6.45, 7) is 8.42. The molecule has 1 aliphatic rings. The zero-order valence-corrected chi connectivity index (χ0v) is 14.1. The van der Waals surface area contributed by atoms with Crippen molar-refractivity contribution in [3.8, 4) is 0 Å². The van der Waals surface area contributed by atoms with Gasteiger partial charge in [0.25, 0.3) is 0 Å². The highest BCUT2D eigenvalue weighted by atomic mass is 16.4. The SMILES string of the molecule is CCc1c(N2CCNCC2)ccc2c(=O)c(C(=O)O)cn(CC)c12. The van der Waals surface area contributed by atoms with E-state index in [1.807, 2.05) is 17.6 Å². The van der Waals surface area contributed by atoms with Gasteiger partial charge in [-0.25, -0.2) is 4.79 Å². The van der Waals surface area contributed by atoms with Gasteiger partial charge in [-0.1, -0.05) is 6.92 Å². The fraction of sp³-hybridized carbons (Fsp3) is 0.444. The third-order valence-electron chi connectivity index (χ3n) is 4.70. The largest absolute Gasteiger partial charge is 0.477 e. The third-order valence-corrected chi connectivity index (χ3v) is 4.70. The zero-order chi connectivity index (χ0) is 17.3. The van der Waals surface area contributed by atoms with Gasteiger partial charge in [0, 0.05) is 50.0 Å². The molecule has 3 rings (SSSR count). The van der Waals surface area contributed by atoms with Crippen LogP contribution in [0.25, 0.3) is 10.9 Å². The molecule has 0 aliphatic carbocycles. The summed E-state index contributed by atoms with van der Waals surface area (Å²) in [5.41, 5.74) is 2.57. The highest BCUT2D eigenvalue weighted by molar-refractivity contribution is 5.95. The zero-order valence-electron chi connectivity index (χ0n) is 14.1. The van der Waals surface area contributed by atoms with Gasteiger partial charge >= 0.3 is 5.97 Å². The fourth-order valence-electron chi connectivity index (χ4n) is 3.51. The van der Waals surface area contributed by atoms with Crippen LogP contribution in [-0.4, -0.2) is 41.8 Å². The van der Waals surface area contributed by atoms with E-state index in [2.05, 4.69) is 17.1 Å². The molecular formula is C18H23N3O3. The van der Waals surface area contributed by atoms with Gasteiger partial charge in [0.2, 0.25) is 5.43 Å². The van der Waals surface area contributed by atoms with E-state index >= 15 is 0 Å². The standard InChI is InChI=1S/C18H23N3O3/c1-3-12-15(21-9-7-19-8-10-21)6-5-13-16(12)20(4-2)11-14(17(13)22)18(23)24/h5-6,11,19H,3-4,7-10H2,1-2H3,(H,23,24). The van der Waals surface area contributed by atoms with Gasteiger partial charge < -0.3 is 19.9 Å². The summed E-state index contributed by atoms with van der Waals surface area (Å²) >= 11 is 0. The number of rotatable bonds is 4. The number of nitrogens with one attached hydrogen (secondary N) is 1. The Bertz CT molecular complexity index is 835. The number of piperazine rings is 1. The van der Waals surface area contributed by atoms with Crippen molar-refractivity contribution in [3.63, 3.8) is 0 Å². The number of fused-ring (bicyclic) bond motifs is 1. The van der Waals surface area contributed by atoms with Crippen LogP contribution in [0.1, 0.15) is 29.8 Å². The maximum absolute atomic E-state index is 12.6. The molecule has 1 fully saturated rings. The van der Waals surface area contributed by atoms with E-state index in [0.717, 1.165) is 49.4 Å². The Morgan fingerprint density at radius 1 is 1.25 bits per heavy atom. The van der Waals surface area contributed by atoms with Gasteiger partial charge in [-0.05, 0) is 31.0 Å². The van der Waals surface area contributed by atoms with Crippen molar-refractivity contribution in [1.82, 2.24) is 9.88 Å². The van der Waals surface area contributed by atoms with Crippen LogP contribution in [0.2, 0.25) is 0 Å². The Hall–Kier alpha value is -2.34. The molecule has 2 heterocycles. The van der Waals surface area contributed by atoms with Gasteiger partial charge in [0.15, 0.2) is 0 Å². The first kappa shape index (κ1) is 16.5. The van der Waals surface area contributed by atoms with Crippen molar-refractivity contribution in [3.05, 3.63) is 39.7 Å². The van der Waals surface area contributed by atoms with Gasteiger partial charge in [-0.2, -0.15) is 0 Å². The minimum Gasteiger partial charge on any atom is -0.477 e. The molecule has 2 N–H and O–H groups in total. The molecule has 0 spiro atoms. The van der Waals surface area contributed by atoms with E-state index in [9.17, 15) is 14.7 Å². The summed E-state index contributed by atoms with van der Waals surface area (Å²) in [6.07, 6.45) is 2.27. The van der Waals surface area contributed by atoms with Crippen LogP contribution in [-0.2, 0) is 13.0 Å². The maximum Gasteiger partial charge on any atom is 0.341 e. The molecule has 128 valence electrons. The number of aryl methyl sites for hydroxylation is 2. The molecule has 0 amide bonds. The van der Waals surface area contributed by atoms with Gasteiger partial charge in [0.1, 0.15) is 5.56 Å². The number of hydrogen-bond acceptors (Lipinski definition) is 4. The normalized spacial score (nSPS) is 15.0. The average Bonchev–Trinajstić information content (AvgIpc) is 2.61. The second kappa shape index (κ2) is 6.65. The molecule has 2 aromatic rings. The Morgan fingerprint density at radius 2 is 1.96 bits per heavy atom. The van der Waals surface area contributed by atoms with E-state index < -0.39 is 11.4 Å². The minimum atomic E-state index is -1.17. The molecule has 0 atom stereocenters. The van der Waals surface area contributed by atoms with Crippen molar-refractivity contribution in [2.75, 3.05) is 31.1 Å². The number of nitrogens with zero attached hydrogens (tertiary/aromatic N) is 2. The smallest absolute Gasteiger partial charge is 0.341 e. The monoisotopic (exact) mass is 329 g/mol. The van der Waals surface area contributed by atoms with Gasteiger partial charge in [0.05, 0.1) is 5.52 Å². The molecule has 1 aromatic carbocycles. The summed E-state index contributed by atoms with van der Waals surface area (Å²) in [7, 11) is 0. The molecule has 6 nitrogen and oxygen atoms in total. The summed E-state index contributed by atoms with van der Waals surface area (Å²) in [5, 5.41) is 13.1. The van der Waals surface area contributed by atoms with Crippen LogP contribution < -0.4 is 15.6 Å². The number of pyridine rings is 1. The van der Waals surface area contributed by atoms with Crippen molar-refractivity contribution in [1.29, 1.82) is 0 Å². The molecule has 1 saturated heterocycles. The van der Waals surface area contributed by atoms with Crippen molar-refractivity contribution >= 4 is 22.6 Å². The van der Waals surface area contributed by atoms with Crippen LogP contribution in [0.3, 0.4) is 0 Å². The molecule has 0 saturated carbocycles. The lowest BCUT2D eigenvalue weighted by atomic mass is 10.0. The van der Waals surface area contributed by atoms with Gasteiger partial charge in [-0.3, -0.25) is 4.79 Å². The first-order chi connectivity index (χ1) is 11.6. The third kappa shape index (κ3) is 2.67. The predicted octanol–water partition coefficient (Wildman–Crippen LogP) is 1.69. The van der Waals surface area contributed by atoms with Crippen molar-refractivity contribution in [2.24, 2.45) is 0 Å².